The van der Waals surface area contributed by atoms with Crippen molar-refractivity contribution in [2.75, 3.05) is 19.6 Å². The fourth-order valence-corrected chi connectivity index (χ4v) is 3.52. The minimum Gasteiger partial charge on any atom is -0.332 e. The summed E-state index contributed by atoms with van der Waals surface area (Å²) in [6.45, 7) is 2.42. The average molecular weight is 293 g/mol. The number of amides is 1. The number of carbonyl (C=O) groups excluding carboxylic acids is 1. The van der Waals surface area contributed by atoms with E-state index in [9.17, 15) is 4.79 Å². The summed E-state index contributed by atoms with van der Waals surface area (Å²) in [5.41, 5.74) is 3.63. The van der Waals surface area contributed by atoms with E-state index in [1.165, 1.54) is 11.1 Å². The highest BCUT2D eigenvalue weighted by Gasteiger charge is 2.38. The molecular formula is C18H19N3O. The van der Waals surface area contributed by atoms with Gasteiger partial charge in [-0.05, 0) is 29.2 Å². The zero-order valence-corrected chi connectivity index (χ0v) is 12.4. The number of nitrogens with one attached hydrogen (secondary N) is 1. The van der Waals surface area contributed by atoms with Crippen LogP contribution in [0.15, 0.2) is 48.8 Å². The van der Waals surface area contributed by atoms with Crippen LogP contribution in [-0.2, 0) is 11.2 Å². The van der Waals surface area contributed by atoms with Crippen molar-refractivity contribution >= 4 is 5.91 Å². The first-order chi connectivity index (χ1) is 10.8. The van der Waals surface area contributed by atoms with Gasteiger partial charge in [0.25, 0.3) is 0 Å². The molecule has 0 spiro atoms. The fourth-order valence-electron chi connectivity index (χ4n) is 3.52. The molecule has 2 unspecified atom stereocenters. The maximum atomic E-state index is 13.0. The molecule has 2 atom stereocenters. The van der Waals surface area contributed by atoms with Gasteiger partial charge in [-0.25, -0.2) is 0 Å². The Morgan fingerprint density at radius 3 is 2.95 bits per heavy atom. The van der Waals surface area contributed by atoms with Crippen molar-refractivity contribution in [3.63, 3.8) is 0 Å². The van der Waals surface area contributed by atoms with E-state index in [1.807, 2.05) is 29.3 Å². The summed E-state index contributed by atoms with van der Waals surface area (Å²) in [4.78, 5) is 19.2. The van der Waals surface area contributed by atoms with Crippen LogP contribution in [0.4, 0.5) is 0 Å². The van der Waals surface area contributed by atoms with E-state index in [-0.39, 0.29) is 17.9 Å². The first kappa shape index (κ1) is 13.5. The summed E-state index contributed by atoms with van der Waals surface area (Å²) in [6, 6.07) is 12.4. The number of piperazine rings is 1. The normalized spacial score (nSPS) is 23.5. The van der Waals surface area contributed by atoms with Gasteiger partial charge >= 0.3 is 0 Å². The predicted molar refractivity (Wildman–Crippen MR) is 84.4 cm³/mol. The van der Waals surface area contributed by atoms with E-state index in [0.717, 1.165) is 31.6 Å². The van der Waals surface area contributed by atoms with E-state index in [2.05, 4.69) is 28.5 Å². The Morgan fingerprint density at radius 2 is 2.14 bits per heavy atom. The van der Waals surface area contributed by atoms with Crippen LogP contribution in [0.25, 0.3) is 0 Å². The Labute approximate surface area is 130 Å². The molecule has 1 N–H and O–H groups in total. The van der Waals surface area contributed by atoms with Gasteiger partial charge in [0.2, 0.25) is 5.91 Å². The second-order valence-corrected chi connectivity index (χ2v) is 5.99. The number of aromatic nitrogens is 1. The van der Waals surface area contributed by atoms with Gasteiger partial charge in [-0.3, -0.25) is 9.78 Å². The molecule has 22 heavy (non-hydrogen) atoms. The second-order valence-electron chi connectivity index (χ2n) is 5.99. The van der Waals surface area contributed by atoms with E-state index in [1.54, 1.807) is 6.20 Å². The minimum atomic E-state index is 0.0356. The zero-order valence-electron chi connectivity index (χ0n) is 12.4. The molecule has 1 aromatic carbocycles. The zero-order chi connectivity index (χ0) is 14.9. The largest absolute Gasteiger partial charge is 0.332 e. The molecule has 0 bridgehead atoms. The Hall–Kier alpha value is -2.20. The van der Waals surface area contributed by atoms with E-state index in [4.69, 9.17) is 0 Å². The molecule has 0 saturated carbocycles. The van der Waals surface area contributed by atoms with Gasteiger partial charge in [0.1, 0.15) is 0 Å². The lowest BCUT2D eigenvalue weighted by Crippen LogP contribution is -2.51. The van der Waals surface area contributed by atoms with Gasteiger partial charge < -0.3 is 10.2 Å². The summed E-state index contributed by atoms with van der Waals surface area (Å²) in [6.07, 6.45) is 4.51. The Kier molecular flexibility index (Phi) is 3.39. The first-order valence-electron chi connectivity index (χ1n) is 7.83. The van der Waals surface area contributed by atoms with E-state index < -0.39 is 0 Å². The number of pyridine rings is 1. The number of rotatable bonds is 2. The third kappa shape index (κ3) is 2.20. The number of hydrogen-bond acceptors (Lipinski definition) is 3. The van der Waals surface area contributed by atoms with Crippen molar-refractivity contribution in [1.82, 2.24) is 15.2 Å². The third-order valence-corrected chi connectivity index (χ3v) is 4.75. The molecule has 1 aliphatic heterocycles. The standard InChI is InChI=1S/C18H19N3O/c22-18(16-10-13-4-1-2-6-15(13)16)21-9-8-20-12-17(21)14-5-3-7-19-11-14/h1-7,11,16-17,20H,8-10,12H2. The maximum absolute atomic E-state index is 13.0. The molecule has 4 heteroatoms. The number of carbonyl (C=O) groups is 1. The predicted octanol–water partition coefficient (Wildman–Crippen LogP) is 1.89. The Bertz CT molecular complexity index is 686. The van der Waals surface area contributed by atoms with Crippen molar-refractivity contribution in [3.05, 3.63) is 65.5 Å². The van der Waals surface area contributed by atoms with Gasteiger partial charge in [0, 0.05) is 32.0 Å². The number of hydrogen-bond donors (Lipinski definition) is 1. The maximum Gasteiger partial charge on any atom is 0.231 e. The highest BCUT2D eigenvalue weighted by atomic mass is 16.2. The van der Waals surface area contributed by atoms with Crippen molar-refractivity contribution in [2.24, 2.45) is 0 Å². The van der Waals surface area contributed by atoms with Crippen LogP contribution in [0, 0.1) is 0 Å². The molecule has 2 aromatic rings. The summed E-state index contributed by atoms with van der Waals surface area (Å²) in [5.74, 6) is 0.294. The molecule has 1 saturated heterocycles. The number of fused-ring (bicyclic) bond motifs is 1. The van der Waals surface area contributed by atoms with Crippen molar-refractivity contribution < 1.29 is 4.79 Å². The molecule has 1 amide bonds. The second kappa shape index (κ2) is 5.54. The Morgan fingerprint density at radius 1 is 1.23 bits per heavy atom. The molecule has 1 aromatic heterocycles. The van der Waals surface area contributed by atoms with Crippen LogP contribution in [0.3, 0.4) is 0 Å². The van der Waals surface area contributed by atoms with Crippen molar-refractivity contribution in [1.29, 1.82) is 0 Å². The fraction of sp³-hybridized carbons (Fsp3) is 0.333. The molecule has 4 rings (SSSR count). The molecule has 0 radical (unpaired) electrons. The van der Waals surface area contributed by atoms with Crippen LogP contribution < -0.4 is 5.32 Å². The highest BCUT2D eigenvalue weighted by molar-refractivity contribution is 5.87. The average Bonchev–Trinajstić information content (AvgIpc) is 2.57. The number of benzene rings is 1. The molecule has 2 aliphatic rings. The van der Waals surface area contributed by atoms with Gasteiger partial charge in [0.05, 0.1) is 12.0 Å². The highest BCUT2D eigenvalue weighted by Crippen LogP contribution is 2.38. The summed E-state index contributed by atoms with van der Waals surface area (Å²) in [5, 5.41) is 3.39. The summed E-state index contributed by atoms with van der Waals surface area (Å²) < 4.78 is 0. The third-order valence-electron chi connectivity index (χ3n) is 4.75. The molecule has 1 aliphatic carbocycles. The van der Waals surface area contributed by atoms with Crippen LogP contribution in [0.2, 0.25) is 0 Å². The van der Waals surface area contributed by atoms with Crippen LogP contribution in [0.5, 0.6) is 0 Å². The smallest absolute Gasteiger partial charge is 0.231 e. The minimum absolute atomic E-state index is 0.0356. The van der Waals surface area contributed by atoms with Gasteiger partial charge in [0.15, 0.2) is 0 Å². The van der Waals surface area contributed by atoms with Crippen molar-refractivity contribution in [2.45, 2.75) is 18.4 Å². The topological polar surface area (TPSA) is 45.2 Å². The van der Waals surface area contributed by atoms with Crippen molar-refractivity contribution in [3.8, 4) is 0 Å². The first-order valence-corrected chi connectivity index (χ1v) is 7.83. The molecule has 2 heterocycles. The Balaban J connectivity index is 1.59. The lowest BCUT2D eigenvalue weighted by molar-refractivity contribution is -0.136. The quantitative estimate of drug-likeness (QED) is 0.920. The van der Waals surface area contributed by atoms with Crippen LogP contribution in [-0.4, -0.2) is 35.4 Å². The van der Waals surface area contributed by atoms with Gasteiger partial charge in [-0.1, -0.05) is 30.3 Å². The van der Waals surface area contributed by atoms with E-state index in [0.29, 0.717) is 0 Å². The molecule has 112 valence electrons. The molecule has 1 fully saturated rings. The monoisotopic (exact) mass is 293 g/mol. The summed E-state index contributed by atoms with van der Waals surface area (Å²) in [7, 11) is 0. The summed E-state index contributed by atoms with van der Waals surface area (Å²) >= 11 is 0. The van der Waals surface area contributed by atoms with Gasteiger partial charge in [-0.15, -0.1) is 0 Å². The van der Waals surface area contributed by atoms with Crippen LogP contribution >= 0.6 is 0 Å². The van der Waals surface area contributed by atoms with E-state index >= 15 is 0 Å². The lowest BCUT2D eigenvalue weighted by Gasteiger charge is -2.41. The lowest BCUT2D eigenvalue weighted by atomic mass is 9.76. The van der Waals surface area contributed by atoms with Gasteiger partial charge in [-0.2, -0.15) is 0 Å². The number of nitrogens with zero attached hydrogens (tertiary/aromatic N) is 2. The SMILES string of the molecule is O=C(C1Cc2ccccc21)N1CCNCC1c1cccnc1. The van der Waals surface area contributed by atoms with Crippen LogP contribution in [0.1, 0.15) is 28.7 Å². The molecule has 4 nitrogen and oxygen atoms in total. The molecular weight excluding hydrogens is 274 g/mol.